The van der Waals surface area contributed by atoms with Crippen molar-refractivity contribution in [1.82, 2.24) is 15.1 Å². The van der Waals surface area contributed by atoms with Gasteiger partial charge in [-0.15, -0.1) is 0 Å². The number of nitrogens with one attached hydrogen (secondary N) is 1. The van der Waals surface area contributed by atoms with Gasteiger partial charge in [-0.2, -0.15) is 5.10 Å². The summed E-state index contributed by atoms with van der Waals surface area (Å²) in [6, 6.07) is 8.98. The first kappa shape index (κ1) is 24.5. The van der Waals surface area contributed by atoms with Gasteiger partial charge in [0, 0.05) is 25.9 Å². The Kier molecular flexibility index (Phi) is 12.4. The maximum Gasteiger partial charge on any atom is 0.0740 e. The Labute approximate surface area is 181 Å². The van der Waals surface area contributed by atoms with Crippen molar-refractivity contribution in [2.24, 2.45) is 0 Å². The third-order valence-electron chi connectivity index (χ3n) is 5.06. The van der Waals surface area contributed by atoms with E-state index in [9.17, 15) is 0 Å². The highest BCUT2D eigenvalue weighted by molar-refractivity contribution is 5.25. The molecule has 30 heavy (non-hydrogen) atoms. The lowest BCUT2D eigenvalue weighted by atomic mass is 10.1. The minimum atomic E-state index is 0.242. The highest BCUT2D eigenvalue weighted by atomic mass is 16.5. The summed E-state index contributed by atoms with van der Waals surface area (Å²) in [5.74, 6) is 0. The molecule has 1 N–H and O–H groups in total. The van der Waals surface area contributed by atoms with E-state index in [0.29, 0.717) is 33.0 Å². The standard InChI is InChI=1S/C24H39N3O3/c1-4-6-12-28-14-16-30-17-15-29-13-11-25-18-23-7-9-24(10-8-23)21(3)27-20-22(5-2)19-26-27/h7-10,19-21,25H,4-6,11-18H2,1-3H3. The van der Waals surface area contributed by atoms with E-state index in [1.807, 2.05) is 10.9 Å². The van der Waals surface area contributed by atoms with E-state index in [4.69, 9.17) is 14.2 Å². The van der Waals surface area contributed by atoms with Gasteiger partial charge < -0.3 is 19.5 Å². The summed E-state index contributed by atoms with van der Waals surface area (Å²) >= 11 is 0. The molecule has 6 heteroatoms. The Morgan fingerprint density at radius 2 is 1.57 bits per heavy atom. The molecule has 0 saturated carbocycles. The Morgan fingerprint density at radius 1 is 0.900 bits per heavy atom. The van der Waals surface area contributed by atoms with Crippen molar-refractivity contribution in [2.75, 3.05) is 46.2 Å². The van der Waals surface area contributed by atoms with Crippen LogP contribution in [0.1, 0.15) is 56.3 Å². The second-order valence-electron chi connectivity index (χ2n) is 7.47. The fraction of sp³-hybridized carbons (Fsp3) is 0.625. The van der Waals surface area contributed by atoms with Crippen molar-refractivity contribution in [3.05, 3.63) is 53.3 Å². The summed E-state index contributed by atoms with van der Waals surface area (Å²) in [6.07, 6.45) is 7.38. The second kappa shape index (κ2) is 15.1. The zero-order chi connectivity index (χ0) is 21.4. The van der Waals surface area contributed by atoms with Gasteiger partial charge in [0.25, 0.3) is 0 Å². The molecular formula is C24H39N3O3. The molecule has 0 saturated heterocycles. The number of aromatic nitrogens is 2. The van der Waals surface area contributed by atoms with Crippen molar-refractivity contribution >= 4 is 0 Å². The molecule has 1 unspecified atom stereocenters. The van der Waals surface area contributed by atoms with Gasteiger partial charge in [-0.3, -0.25) is 4.68 Å². The van der Waals surface area contributed by atoms with Gasteiger partial charge in [-0.05, 0) is 36.5 Å². The Balaban J connectivity index is 1.50. The lowest BCUT2D eigenvalue weighted by Gasteiger charge is -2.13. The number of hydrogen-bond acceptors (Lipinski definition) is 5. The number of ether oxygens (including phenoxy) is 3. The summed E-state index contributed by atoms with van der Waals surface area (Å²) in [4.78, 5) is 0. The van der Waals surface area contributed by atoms with Crippen LogP contribution in [0.25, 0.3) is 0 Å². The number of nitrogens with zero attached hydrogens (tertiary/aromatic N) is 2. The quantitative estimate of drug-likeness (QED) is 0.394. The molecule has 0 spiro atoms. The number of aryl methyl sites for hydroxylation is 1. The summed E-state index contributed by atoms with van der Waals surface area (Å²) < 4.78 is 18.6. The summed E-state index contributed by atoms with van der Waals surface area (Å²) in [6.45, 7) is 12.2. The van der Waals surface area contributed by atoms with Crippen LogP contribution in [-0.2, 0) is 27.2 Å². The normalized spacial score (nSPS) is 12.4. The van der Waals surface area contributed by atoms with Gasteiger partial charge in [0.1, 0.15) is 0 Å². The number of rotatable bonds is 17. The van der Waals surface area contributed by atoms with Crippen molar-refractivity contribution in [3.8, 4) is 0 Å². The molecule has 1 aromatic carbocycles. The molecule has 2 aromatic rings. The number of benzene rings is 1. The predicted octanol–water partition coefficient (Wildman–Crippen LogP) is 3.99. The van der Waals surface area contributed by atoms with Gasteiger partial charge in [0.2, 0.25) is 0 Å². The maximum absolute atomic E-state index is 5.59. The maximum atomic E-state index is 5.59. The van der Waals surface area contributed by atoms with Crippen LogP contribution in [0, 0.1) is 0 Å². The average molecular weight is 418 g/mol. The topological polar surface area (TPSA) is 57.5 Å². The van der Waals surface area contributed by atoms with Crippen LogP contribution in [-0.4, -0.2) is 56.0 Å². The van der Waals surface area contributed by atoms with Crippen LogP contribution in [0.3, 0.4) is 0 Å². The molecule has 0 fully saturated rings. The average Bonchev–Trinajstić information content (AvgIpc) is 3.26. The van der Waals surface area contributed by atoms with E-state index in [1.54, 1.807) is 0 Å². The fourth-order valence-corrected chi connectivity index (χ4v) is 3.00. The molecule has 0 aliphatic carbocycles. The van der Waals surface area contributed by atoms with Crippen LogP contribution in [0.2, 0.25) is 0 Å². The monoisotopic (exact) mass is 417 g/mol. The first-order chi connectivity index (χ1) is 14.7. The van der Waals surface area contributed by atoms with Crippen molar-refractivity contribution in [3.63, 3.8) is 0 Å². The smallest absolute Gasteiger partial charge is 0.0740 e. The molecule has 0 bridgehead atoms. The van der Waals surface area contributed by atoms with Gasteiger partial charge in [-0.25, -0.2) is 0 Å². The Bertz CT molecular complexity index is 673. The molecular weight excluding hydrogens is 378 g/mol. The van der Waals surface area contributed by atoms with Crippen LogP contribution < -0.4 is 5.32 Å². The van der Waals surface area contributed by atoms with Crippen LogP contribution in [0.15, 0.2) is 36.7 Å². The Morgan fingerprint density at radius 3 is 2.20 bits per heavy atom. The first-order valence-electron chi connectivity index (χ1n) is 11.3. The molecule has 168 valence electrons. The highest BCUT2D eigenvalue weighted by Crippen LogP contribution is 2.18. The van der Waals surface area contributed by atoms with Crippen LogP contribution in [0.4, 0.5) is 0 Å². The van der Waals surface area contributed by atoms with E-state index >= 15 is 0 Å². The van der Waals surface area contributed by atoms with Gasteiger partial charge in [0.15, 0.2) is 0 Å². The largest absolute Gasteiger partial charge is 0.379 e. The molecule has 2 rings (SSSR count). The fourth-order valence-electron chi connectivity index (χ4n) is 3.00. The molecule has 0 radical (unpaired) electrons. The first-order valence-corrected chi connectivity index (χ1v) is 11.3. The van der Waals surface area contributed by atoms with Crippen LogP contribution in [0.5, 0.6) is 0 Å². The van der Waals surface area contributed by atoms with Crippen molar-refractivity contribution in [2.45, 2.75) is 52.6 Å². The number of hydrogen-bond donors (Lipinski definition) is 1. The van der Waals surface area contributed by atoms with Crippen molar-refractivity contribution < 1.29 is 14.2 Å². The van der Waals surface area contributed by atoms with E-state index in [-0.39, 0.29) is 6.04 Å². The van der Waals surface area contributed by atoms with Gasteiger partial charge in [0.05, 0.1) is 45.3 Å². The molecule has 1 heterocycles. The van der Waals surface area contributed by atoms with Crippen molar-refractivity contribution in [1.29, 1.82) is 0 Å². The summed E-state index contributed by atoms with van der Waals surface area (Å²) in [7, 11) is 0. The number of unbranched alkanes of at least 4 members (excludes halogenated alkanes) is 1. The molecule has 6 nitrogen and oxygen atoms in total. The lowest BCUT2D eigenvalue weighted by Crippen LogP contribution is -2.20. The molecule has 1 atom stereocenters. The zero-order valence-electron chi connectivity index (χ0n) is 18.9. The minimum Gasteiger partial charge on any atom is -0.379 e. The third-order valence-corrected chi connectivity index (χ3v) is 5.06. The molecule has 0 aliphatic heterocycles. The molecule has 1 aromatic heterocycles. The molecule has 0 amide bonds. The zero-order valence-corrected chi connectivity index (χ0v) is 18.9. The summed E-state index contributed by atoms with van der Waals surface area (Å²) in [5.41, 5.74) is 3.81. The SMILES string of the molecule is CCCCOCCOCCOCCNCc1ccc(C(C)n2cc(CC)cn2)cc1. The van der Waals surface area contributed by atoms with Gasteiger partial charge in [-0.1, -0.05) is 44.5 Å². The third kappa shape index (κ3) is 9.39. The minimum absolute atomic E-state index is 0.242. The predicted molar refractivity (Wildman–Crippen MR) is 121 cm³/mol. The van der Waals surface area contributed by atoms with Crippen LogP contribution >= 0.6 is 0 Å². The van der Waals surface area contributed by atoms with E-state index in [1.165, 1.54) is 23.1 Å². The van der Waals surface area contributed by atoms with E-state index in [2.05, 4.69) is 61.6 Å². The molecule has 0 aliphatic rings. The lowest BCUT2D eigenvalue weighted by molar-refractivity contribution is 0.0146. The Hall–Kier alpha value is -1.73. The van der Waals surface area contributed by atoms with Gasteiger partial charge >= 0.3 is 0 Å². The van der Waals surface area contributed by atoms with E-state index in [0.717, 1.165) is 32.5 Å². The van der Waals surface area contributed by atoms with E-state index < -0.39 is 0 Å². The summed E-state index contributed by atoms with van der Waals surface area (Å²) in [5, 5.41) is 7.90. The highest BCUT2D eigenvalue weighted by Gasteiger charge is 2.09. The second-order valence-corrected chi connectivity index (χ2v) is 7.47.